The van der Waals surface area contributed by atoms with Crippen molar-refractivity contribution in [1.29, 1.82) is 0 Å². The van der Waals surface area contributed by atoms with Crippen LogP contribution in [-0.2, 0) is 4.74 Å². The average Bonchev–Trinajstić information content (AvgIpc) is 3.05. The van der Waals surface area contributed by atoms with Gasteiger partial charge in [0.15, 0.2) is 0 Å². The van der Waals surface area contributed by atoms with Crippen LogP contribution in [0.2, 0.25) is 0 Å². The highest BCUT2D eigenvalue weighted by Gasteiger charge is 2.19. The van der Waals surface area contributed by atoms with Gasteiger partial charge < -0.3 is 10.1 Å². The summed E-state index contributed by atoms with van der Waals surface area (Å²) in [5.41, 5.74) is 6.35. The van der Waals surface area contributed by atoms with Crippen molar-refractivity contribution < 1.29 is 4.74 Å². The Morgan fingerprint density at radius 2 is 2.09 bits per heavy atom. The summed E-state index contributed by atoms with van der Waals surface area (Å²) in [5.74, 6) is 0.217. The lowest BCUT2D eigenvalue weighted by Gasteiger charge is -2.22. The predicted octanol–water partition coefficient (Wildman–Crippen LogP) is 3.11. The lowest BCUT2D eigenvalue weighted by Crippen LogP contribution is -2.29. The van der Waals surface area contributed by atoms with Gasteiger partial charge in [0.25, 0.3) is 6.02 Å². The Morgan fingerprint density at radius 3 is 2.83 bits per heavy atom. The van der Waals surface area contributed by atoms with Crippen LogP contribution in [0.4, 0.5) is 0 Å². The molecule has 1 aliphatic heterocycles. The molecule has 2 heterocycles. The standard InChI is InChI=1S/C19H23N3O/c1-13-9-16(11-20-10-13)18(12-22-19-21-7-8-23-19)17-6-4-5-14(2)15(17)3/h4-6,9-11,18H,7-8,12H2,1-3H3,(H,21,22). The Bertz CT molecular complexity index is 724. The van der Waals surface area contributed by atoms with E-state index in [1.165, 1.54) is 27.8 Å². The fourth-order valence-corrected chi connectivity index (χ4v) is 2.96. The van der Waals surface area contributed by atoms with Crippen molar-refractivity contribution in [2.24, 2.45) is 4.99 Å². The first kappa shape index (κ1) is 15.5. The summed E-state index contributed by atoms with van der Waals surface area (Å²) >= 11 is 0. The second-order valence-electron chi connectivity index (χ2n) is 6.05. The van der Waals surface area contributed by atoms with Gasteiger partial charge in [-0.25, -0.2) is 4.99 Å². The number of pyridine rings is 1. The summed E-state index contributed by atoms with van der Waals surface area (Å²) in [6.07, 6.45) is 3.85. The minimum absolute atomic E-state index is 0.217. The molecular weight excluding hydrogens is 286 g/mol. The Kier molecular flexibility index (Phi) is 4.60. The molecule has 1 atom stereocenters. The van der Waals surface area contributed by atoms with Crippen LogP contribution in [0.15, 0.2) is 41.7 Å². The fourth-order valence-electron chi connectivity index (χ4n) is 2.96. The van der Waals surface area contributed by atoms with E-state index < -0.39 is 0 Å². The first-order valence-corrected chi connectivity index (χ1v) is 8.04. The third kappa shape index (κ3) is 3.52. The molecule has 1 aliphatic rings. The number of ether oxygens (including phenoxy) is 1. The second kappa shape index (κ2) is 6.82. The molecule has 0 saturated heterocycles. The normalized spacial score (nSPS) is 15.0. The largest absolute Gasteiger partial charge is 0.463 e. The van der Waals surface area contributed by atoms with Gasteiger partial charge in [-0.2, -0.15) is 0 Å². The zero-order valence-corrected chi connectivity index (χ0v) is 14.0. The summed E-state index contributed by atoms with van der Waals surface area (Å²) in [5, 5.41) is 3.34. The Hall–Kier alpha value is -2.36. The third-order valence-electron chi connectivity index (χ3n) is 4.36. The summed E-state index contributed by atoms with van der Waals surface area (Å²) in [7, 11) is 0. The highest BCUT2D eigenvalue weighted by atomic mass is 16.5. The van der Waals surface area contributed by atoms with E-state index in [4.69, 9.17) is 4.74 Å². The number of rotatable bonds is 4. The van der Waals surface area contributed by atoms with Gasteiger partial charge in [-0.3, -0.25) is 4.98 Å². The Morgan fingerprint density at radius 1 is 1.22 bits per heavy atom. The van der Waals surface area contributed by atoms with Crippen molar-refractivity contribution in [3.05, 3.63) is 64.5 Å². The molecule has 1 unspecified atom stereocenters. The zero-order chi connectivity index (χ0) is 16.2. The lowest BCUT2D eigenvalue weighted by molar-refractivity contribution is 0.331. The number of hydrogen-bond donors (Lipinski definition) is 1. The van der Waals surface area contributed by atoms with E-state index in [1.54, 1.807) is 0 Å². The van der Waals surface area contributed by atoms with Gasteiger partial charge >= 0.3 is 0 Å². The molecule has 0 spiro atoms. The first-order valence-electron chi connectivity index (χ1n) is 8.04. The van der Waals surface area contributed by atoms with Crippen molar-refractivity contribution in [3.8, 4) is 0 Å². The fraction of sp³-hybridized carbons (Fsp3) is 0.368. The van der Waals surface area contributed by atoms with E-state index in [-0.39, 0.29) is 5.92 Å². The van der Waals surface area contributed by atoms with Crippen LogP contribution in [0.25, 0.3) is 0 Å². The molecule has 0 bridgehead atoms. The van der Waals surface area contributed by atoms with Crippen LogP contribution in [0, 0.1) is 20.8 Å². The zero-order valence-electron chi connectivity index (χ0n) is 14.0. The number of aliphatic imine (C=N–C) groups is 1. The third-order valence-corrected chi connectivity index (χ3v) is 4.36. The van der Waals surface area contributed by atoms with Crippen molar-refractivity contribution >= 4 is 6.02 Å². The maximum atomic E-state index is 5.48. The minimum atomic E-state index is 0.217. The van der Waals surface area contributed by atoms with E-state index in [0.29, 0.717) is 12.6 Å². The molecule has 0 saturated carbocycles. The molecule has 23 heavy (non-hydrogen) atoms. The van der Waals surface area contributed by atoms with Gasteiger partial charge in [-0.15, -0.1) is 0 Å². The van der Waals surface area contributed by atoms with Gasteiger partial charge in [0.05, 0.1) is 6.54 Å². The Labute approximate surface area is 137 Å². The quantitative estimate of drug-likeness (QED) is 0.944. The SMILES string of the molecule is Cc1cncc(C(CNC2=NCCO2)c2cccc(C)c2C)c1. The van der Waals surface area contributed by atoms with E-state index in [2.05, 4.69) is 60.3 Å². The summed E-state index contributed by atoms with van der Waals surface area (Å²) < 4.78 is 5.48. The average molecular weight is 309 g/mol. The molecule has 1 aromatic heterocycles. The topological polar surface area (TPSA) is 46.5 Å². The number of benzene rings is 1. The van der Waals surface area contributed by atoms with Crippen LogP contribution < -0.4 is 5.32 Å². The van der Waals surface area contributed by atoms with E-state index in [1.807, 2.05) is 12.4 Å². The summed E-state index contributed by atoms with van der Waals surface area (Å²) in [6, 6.07) is 9.34. The maximum Gasteiger partial charge on any atom is 0.284 e. The molecule has 0 radical (unpaired) electrons. The second-order valence-corrected chi connectivity index (χ2v) is 6.05. The van der Waals surface area contributed by atoms with E-state index in [0.717, 1.165) is 13.1 Å². The number of amidine groups is 1. The molecule has 0 fully saturated rings. The number of hydrogen-bond acceptors (Lipinski definition) is 4. The molecule has 3 rings (SSSR count). The van der Waals surface area contributed by atoms with Crippen LogP contribution in [0.1, 0.15) is 33.7 Å². The van der Waals surface area contributed by atoms with Crippen LogP contribution in [0.5, 0.6) is 0 Å². The van der Waals surface area contributed by atoms with E-state index >= 15 is 0 Å². The number of aromatic nitrogens is 1. The van der Waals surface area contributed by atoms with Crippen LogP contribution in [0.3, 0.4) is 0 Å². The van der Waals surface area contributed by atoms with Gasteiger partial charge in [0.2, 0.25) is 0 Å². The minimum Gasteiger partial charge on any atom is -0.463 e. The van der Waals surface area contributed by atoms with Crippen molar-refractivity contribution in [3.63, 3.8) is 0 Å². The number of nitrogens with zero attached hydrogens (tertiary/aromatic N) is 2. The summed E-state index contributed by atoms with van der Waals surface area (Å²) in [6.45, 7) is 8.57. The maximum absolute atomic E-state index is 5.48. The highest BCUT2D eigenvalue weighted by molar-refractivity contribution is 5.74. The van der Waals surface area contributed by atoms with Gasteiger partial charge in [0, 0.05) is 24.9 Å². The lowest BCUT2D eigenvalue weighted by atomic mass is 9.87. The molecule has 1 N–H and O–H groups in total. The van der Waals surface area contributed by atoms with Crippen molar-refractivity contribution in [1.82, 2.24) is 10.3 Å². The van der Waals surface area contributed by atoms with Gasteiger partial charge in [0.1, 0.15) is 6.61 Å². The summed E-state index contributed by atoms with van der Waals surface area (Å²) in [4.78, 5) is 8.69. The molecule has 0 amide bonds. The van der Waals surface area contributed by atoms with Crippen molar-refractivity contribution in [2.45, 2.75) is 26.7 Å². The molecule has 120 valence electrons. The van der Waals surface area contributed by atoms with Crippen LogP contribution in [-0.4, -0.2) is 30.7 Å². The van der Waals surface area contributed by atoms with Gasteiger partial charge in [-0.05, 0) is 48.6 Å². The van der Waals surface area contributed by atoms with E-state index in [9.17, 15) is 0 Å². The smallest absolute Gasteiger partial charge is 0.284 e. The molecule has 4 nitrogen and oxygen atoms in total. The molecule has 4 heteroatoms. The highest BCUT2D eigenvalue weighted by Crippen LogP contribution is 2.28. The van der Waals surface area contributed by atoms with Crippen molar-refractivity contribution in [2.75, 3.05) is 19.7 Å². The predicted molar refractivity (Wildman–Crippen MR) is 93.0 cm³/mol. The monoisotopic (exact) mass is 309 g/mol. The number of nitrogens with one attached hydrogen (secondary N) is 1. The first-order chi connectivity index (χ1) is 11.1. The number of aryl methyl sites for hydroxylation is 2. The molecule has 0 aliphatic carbocycles. The molecule has 2 aromatic rings. The van der Waals surface area contributed by atoms with Gasteiger partial charge in [-0.1, -0.05) is 24.3 Å². The molecule has 1 aromatic carbocycles. The van der Waals surface area contributed by atoms with Crippen LogP contribution >= 0.6 is 0 Å². The Balaban J connectivity index is 1.93. The molecular formula is C19H23N3O.